The maximum Gasteiger partial charge on any atom is 0.280 e. The zero-order valence-electron chi connectivity index (χ0n) is 17.0. The van der Waals surface area contributed by atoms with E-state index in [1.165, 1.54) is 59.9 Å². The molecule has 0 saturated carbocycles. The molecular weight excluding hydrogens is 447 g/mol. The number of hydrogen-bond donors (Lipinski definition) is 2. The third-order valence-electron chi connectivity index (χ3n) is 4.81. The molecule has 2 N–H and O–H groups in total. The van der Waals surface area contributed by atoms with Crippen LogP contribution in [-0.4, -0.2) is 27.8 Å². The Morgan fingerprint density at radius 1 is 1.03 bits per heavy atom. The number of nitrogens with zero attached hydrogens (tertiary/aromatic N) is 2. The predicted molar refractivity (Wildman–Crippen MR) is 123 cm³/mol. The summed E-state index contributed by atoms with van der Waals surface area (Å²) in [6.07, 6.45) is 0.0850. The molecule has 3 aromatic carbocycles. The van der Waals surface area contributed by atoms with Crippen molar-refractivity contribution in [2.24, 2.45) is 0 Å². The van der Waals surface area contributed by atoms with Gasteiger partial charge in [0.25, 0.3) is 11.6 Å². The molecule has 1 atom stereocenters. The Balaban J connectivity index is 1.56. The highest BCUT2D eigenvalue weighted by Gasteiger charge is 2.24. The molecule has 0 bridgehead atoms. The molecule has 0 aliphatic rings. The standard InChI is InChI=1S/C23H17FN4O4S/c24-15-7-9-16(10-8-15)25-21(29)19(13-14-5-11-17(12-6-14)28(31)32)26-22(30)23-27-18-3-1-2-4-20(18)33-23/h1-12,19H,13H2,(H,25,29)(H,26,30). The van der Waals surface area contributed by atoms with Gasteiger partial charge in [0.05, 0.1) is 15.1 Å². The number of para-hydroxylation sites is 1. The minimum Gasteiger partial charge on any atom is -0.338 e. The number of carbonyl (C=O) groups is 2. The van der Waals surface area contributed by atoms with Crippen LogP contribution in [0.25, 0.3) is 10.2 Å². The van der Waals surface area contributed by atoms with Crippen molar-refractivity contribution in [3.63, 3.8) is 0 Å². The second kappa shape index (κ2) is 9.53. The van der Waals surface area contributed by atoms with Gasteiger partial charge < -0.3 is 10.6 Å². The summed E-state index contributed by atoms with van der Waals surface area (Å²) < 4.78 is 14.0. The number of rotatable bonds is 7. The van der Waals surface area contributed by atoms with Crippen molar-refractivity contribution in [2.75, 3.05) is 5.32 Å². The largest absolute Gasteiger partial charge is 0.338 e. The first kappa shape index (κ1) is 22.0. The van der Waals surface area contributed by atoms with Crippen LogP contribution < -0.4 is 10.6 Å². The van der Waals surface area contributed by atoms with Gasteiger partial charge in [0.1, 0.15) is 11.9 Å². The molecule has 4 rings (SSSR count). The van der Waals surface area contributed by atoms with Gasteiger partial charge in [0.15, 0.2) is 5.01 Å². The number of nitro groups is 1. The van der Waals surface area contributed by atoms with Crippen molar-refractivity contribution >= 4 is 44.7 Å². The molecule has 1 heterocycles. The topological polar surface area (TPSA) is 114 Å². The van der Waals surface area contributed by atoms with E-state index in [-0.39, 0.29) is 17.1 Å². The first-order chi connectivity index (χ1) is 15.9. The molecule has 0 aliphatic carbocycles. The fourth-order valence-corrected chi connectivity index (χ4v) is 4.02. The number of non-ortho nitro benzene ring substituents is 1. The maximum absolute atomic E-state index is 13.2. The number of amides is 2. The molecule has 1 unspecified atom stereocenters. The normalized spacial score (nSPS) is 11.7. The van der Waals surface area contributed by atoms with Gasteiger partial charge in [-0.15, -0.1) is 11.3 Å². The Morgan fingerprint density at radius 2 is 1.73 bits per heavy atom. The maximum atomic E-state index is 13.2. The van der Waals surface area contributed by atoms with E-state index in [1.807, 2.05) is 18.2 Å². The fourth-order valence-electron chi connectivity index (χ4n) is 3.15. The predicted octanol–water partition coefficient (Wildman–Crippen LogP) is 4.32. The molecule has 4 aromatic rings. The summed E-state index contributed by atoms with van der Waals surface area (Å²) in [7, 11) is 0. The highest BCUT2D eigenvalue weighted by atomic mass is 32.1. The van der Waals surface area contributed by atoms with Crippen LogP contribution in [0.4, 0.5) is 15.8 Å². The molecule has 33 heavy (non-hydrogen) atoms. The first-order valence-electron chi connectivity index (χ1n) is 9.85. The summed E-state index contributed by atoms with van der Waals surface area (Å²) in [5, 5.41) is 16.5. The lowest BCUT2D eigenvalue weighted by molar-refractivity contribution is -0.384. The van der Waals surface area contributed by atoms with Crippen molar-refractivity contribution in [3.05, 3.63) is 99.3 Å². The van der Waals surface area contributed by atoms with Gasteiger partial charge in [0, 0.05) is 24.2 Å². The summed E-state index contributed by atoms with van der Waals surface area (Å²) in [5.74, 6) is -1.48. The van der Waals surface area contributed by atoms with Crippen LogP contribution in [0.5, 0.6) is 0 Å². The first-order valence-corrected chi connectivity index (χ1v) is 10.7. The van der Waals surface area contributed by atoms with Crippen molar-refractivity contribution in [1.29, 1.82) is 0 Å². The zero-order chi connectivity index (χ0) is 23.4. The van der Waals surface area contributed by atoms with Crippen LogP contribution in [0, 0.1) is 15.9 Å². The number of nitro benzene ring substituents is 1. The van der Waals surface area contributed by atoms with Gasteiger partial charge in [-0.25, -0.2) is 9.37 Å². The Kier molecular flexibility index (Phi) is 6.36. The van der Waals surface area contributed by atoms with Crippen LogP contribution in [-0.2, 0) is 11.2 Å². The van der Waals surface area contributed by atoms with Crippen molar-refractivity contribution in [3.8, 4) is 0 Å². The Hall–Kier alpha value is -4.18. The molecule has 0 saturated heterocycles. The van der Waals surface area contributed by atoms with Gasteiger partial charge in [-0.3, -0.25) is 19.7 Å². The van der Waals surface area contributed by atoms with E-state index >= 15 is 0 Å². The molecule has 1 aromatic heterocycles. The zero-order valence-corrected chi connectivity index (χ0v) is 17.8. The average Bonchev–Trinajstić information content (AvgIpc) is 3.25. The smallest absolute Gasteiger partial charge is 0.280 e. The Bertz CT molecular complexity index is 1290. The lowest BCUT2D eigenvalue weighted by Crippen LogP contribution is -2.45. The minimum absolute atomic E-state index is 0.0791. The van der Waals surface area contributed by atoms with Gasteiger partial charge >= 0.3 is 0 Å². The SMILES string of the molecule is O=C(NC(Cc1ccc([N+](=O)[O-])cc1)C(=O)Nc1ccc(F)cc1)c1nc2ccccc2s1. The number of fused-ring (bicyclic) bond motifs is 1. The number of halogens is 1. The van der Waals surface area contributed by atoms with Gasteiger partial charge in [0.2, 0.25) is 5.91 Å². The van der Waals surface area contributed by atoms with Crippen LogP contribution in [0.3, 0.4) is 0 Å². The van der Waals surface area contributed by atoms with E-state index in [2.05, 4.69) is 15.6 Å². The third kappa shape index (κ3) is 5.36. The van der Waals surface area contributed by atoms with E-state index in [1.54, 1.807) is 6.07 Å². The molecule has 0 spiro atoms. The molecule has 166 valence electrons. The Labute approximate surface area is 191 Å². The Morgan fingerprint density at radius 3 is 2.39 bits per heavy atom. The number of thiazole rings is 1. The molecule has 8 nitrogen and oxygen atoms in total. The lowest BCUT2D eigenvalue weighted by atomic mass is 10.0. The van der Waals surface area contributed by atoms with Crippen molar-refractivity contribution < 1.29 is 18.9 Å². The molecular formula is C23H17FN4O4S. The van der Waals surface area contributed by atoms with Gasteiger partial charge in [-0.2, -0.15) is 0 Å². The van der Waals surface area contributed by atoms with E-state index in [9.17, 15) is 24.1 Å². The highest BCUT2D eigenvalue weighted by molar-refractivity contribution is 7.20. The summed E-state index contributed by atoms with van der Waals surface area (Å²) in [5.41, 5.74) is 1.58. The number of anilines is 1. The number of nitrogens with one attached hydrogen (secondary N) is 2. The number of hydrogen-bond acceptors (Lipinski definition) is 6. The second-order valence-corrected chi connectivity index (χ2v) is 8.17. The van der Waals surface area contributed by atoms with E-state index in [0.29, 0.717) is 16.8 Å². The van der Waals surface area contributed by atoms with Crippen LogP contribution in [0.2, 0.25) is 0 Å². The summed E-state index contributed by atoms with van der Waals surface area (Å²) in [6.45, 7) is 0. The van der Waals surface area contributed by atoms with Crippen LogP contribution >= 0.6 is 11.3 Å². The number of benzene rings is 3. The van der Waals surface area contributed by atoms with Crippen LogP contribution in [0.15, 0.2) is 72.8 Å². The quantitative estimate of drug-likeness (QED) is 0.312. The van der Waals surface area contributed by atoms with Crippen LogP contribution in [0.1, 0.15) is 15.4 Å². The number of aromatic nitrogens is 1. The lowest BCUT2D eigenvalue weighted by Gasteiger charge is -2.18. The second-order valence-electron chi connectivity index (χ2n) is 7.14. The van der Waals surface area contributed by atoms with Crippen molar-refractivity contribution in [2.45, 2.75) is 12.5 Å². The number of carbonyl (C=O) groups excluding carboxylic acids is 2. The summed E-state index contributed by atoms with van der Waals surface area (Å²) in [4.78, 5) is 40.5. The van der Waals surface area contributed by atoms with E-state index in [4.69, 9.17) is 0 Å². The monoisotopic (exact) mass is 464 g/mol. The van der Waals surface area contributed by atoms with Gasteiger partial charge in [-0.05, 0) is 42.0 Å². The van der Waals surface area contributed by atoms with E-state index < -0.39 is 28.6 Å². The summed E-state index contributed by atoms with van der Waals surface area (Å²) >= 11 is 1.20. The summed E-state index contributed by atoms with van der Waals surface area (Å²) in [6, 6.07) is 17.2. The highest BCUT2D eigenvalue weighted by Crippen LogP contribution is 2.22. The molecule has 2 amide bonds. The molecule has 10 heteroatoms. The fraction of sp³-hybridized carbons (Fsp3) is 0.0870. The minimum atomic E-state index is -1.00. The molecule has 0 aliphatic heterocycles. The van der Waals surface area contributed by atoms with Gasteiger partial charge in [-0.1, -0.05) is 24.3 Å². The molecule has 0 fully saturated rings. The van der Waals surface area contributed by atoms with E-state index in [0.717, 1.165) is 4.70 Å². The van der Waals surface area contributed by atoms with Crippen molar-refractivity contribution in [1.82, 2.24) is 10.3 Å². The molecule has 0 radical (unpaired) electrons. The third-order valence-corrected chi connectivity index (χ3v) is 5.84. The average molecular weight is 464 g/mol.